The van der Waals surface area contributed by atoms with Crippen molar-refractivity contribution in [1.82, 2.24) is 0 Å². The molecule has 0 saturated carbocycles. The third-order valence-corrected chi connectivity index (χ3v) is 6.20. The monoisotopic (exact) mass is 301 g/mol. The first kappa shape index (κ1) is 16.2. The summed E-state index contributed by atoms with van der Waals surface area (Å²) in [5, 5.41) is 0. The van der Waals surface area contributed by atoms with E-state index in [0.29, 0.717) is 15.8 Å². The second-order valence-corrected chi connectivity index (χ2v) is 11.1. The van der Waals surface area contributed by atoms with E-state index >= 15 is 0 Å². The number of allylic oxidation sites excluding steroid dienone is 4. The molecule has 1 rings (SSSR count). The zero-order chi connectivity index (χ0) is 11.7. The van der Waals surface area contributed by atoms with Gasteiger partial charge in [-0.25, -0.2) is 0 Å². The van der Waals surface area contributed by atoms with Crippen LogP contribution in [-0.2, 0) is 15.3 Å². The number of rotatable bonds is 4. The molecule has 0 radical (unpaired) electrons. The normalized spacial score (nSPS) is 13.9. The van der Waals surface area contributed by atoms with Crippen LogP contribution in [0.5, 0.6) is 0 Å². The Kier molecular flexibility index (Phi) is 11.2. The van der Waals surface area contributed by atoms with Crippen LogP contribution in [0.4, 0.5) is 0 Å². The van der Waals surface area contributed by atoms with Gasteiger partial charge in [0.2, 0.25) is 0 Å². The number of hydrogen-bond donors (Lipinski definition) is 0. The van der Waals surface area contributed by atoms with E-state index in [1.165, 1.54) is 16.6 Å². The van der Waals surface area contributed by atoms with E-state index < -0.39 is 0 Å². The van der Waals surface area contributed by atoms with Gasteiger partial charge in [-0.15, -0.1) is 15.8 Å². The molecule has 87 valence electrons. The third-order valence-electron chi connectivity index (χ3n) is 1.85. The molecule has 0 amide bonds. The molecule has 0 aromatic carbocycles. The fourth-order valence-corrected chi connectivity index (χ4v) is 5.11. The van der Waals surface area contributed by atoms with Crippen molar-refractivity contribution in [1.29, 1.82) is 0 Å². The standard InChI is InChI=1S/C6H16P2.C5H5.ClH.V/c1-7(2)5-6-8(3)4;1-2-4-5-3-1;;/h5-6H2,1-4H3;1-3H,4H2;1H;/q;;;+1/p-1. The molecule has 0 fully saturated rings. The van der Waals surface area contributed by atoms with Crippen molar-refractivity contribution >= 4 is 25.7 Å². The van der Waals surface area contributed by atoms with E-state index in [4.69, 9.17) is 9.85 Å². The van der Waals surface area contributed by atoms with Crippen LogP contribution in [0.3, 0.4) is 0 Å². The van der Waals surface area contributed by atoms with E-state index in [2.05, 4.69) is 44.9 Å². The van der Waals surface area contributed by atoms with Crippen molar-refractivity contribution < 1.29 is 15.3 Å². The molecule has 0 aromatic heterocycles. The summed E-state index contributed by atoms with van der Waals surface area (Å²) in [4.78, 5) is 0. The quantitative estimate of drug-likeness (QED) is 0.669. The molecule has 1 aliphatic carbocycles. The van der Waals surface area contributed by atoms with E-state index in [0.717, 1.165) is 6.42 Å². The van der Waals surface area contributed by atoms with Gasteiger partial charge in [-0.2, -0.15) is 0 Å². The fraction of sp³-hybridized carbons (Fsp3) is 0.636. The SMILES string of the molecule is CP(C)CCP(C)C.[Cl][V][C]1=CC=CC1. The van der Waals surface area contributed by atoms with Crippen LogP contribution in [0.25, 0.3) is 0 Å². The van der Waals surface area contributed by atoms with Crippen LogP contribution in [0.2, 0.25) is 0 Å². The van der Waals surface area contributed by atoms with Gasteiger partial charge in [-0.1, -0.05) is 0 Å². The van der Waals surface area contributed by atoms with Gasteiger partial charge < -0.3 is 0 Å². The molecule has 0 saturated heterocycles. The molecule has 0 N–H and O–H groups in total. The number of hydrogen-bond acceptors (Lipinski definition) is 0. The Morgan fingerprint density at radius 3 is 1.93 bits per heavy atom. The van der Waals surface area contributed by atoms with Crippen LogP contribution < -0.4 is 0 Å². The summed E-state index contributed by atoms with van der Waals surface area (Å²) < 4.78 is 1.41. The Balaban J connectivity index is 0.000000262. The molecule has 0 spiro atoms. The molecule has 0 aliphatic heterocycles. The molecular formula is C11H21ClP2V. The van der Waals surface area contributed by atoms with Gasteiger partial charge in [0.05, 0.1) is 0 Å². The van der Waals surface area contributed by atoms with E-state index in [1.807, 2.05) is 0 Å². The fourth-order valence-electron chi connectivity index (χ4n) is 0.899. The van der Waals surface area contributed by atoms with Gasteiger partial charge in [-0.3, -0.25) is 0 Å². The minimum atomic E-state index is -0.00521. The second kappa shape index (κ2) is 10.4. The average Bonchev–Trinajstić information content (AvgIpc) is 2.68. The zero-order valence-corrected chi connectivity index (χ0v) is 14.0. The molecule has 0 nitrogen and oxygen atoms in total. The van der Waals surface area contributed by atoms with E-state index in [-0.39, 0.29) is 15.3 Å². The van der Waals surface area contributed by atoms with Gasteiger partial charge in [0.25, 0.3) is 0 Å². The maximum absolute atomic E-state index is 5.59. The van der Waals surface area contributed by atoms with Crippen molar-refractivity contribution in [3.8, 4) is 0 Å². The molecule has 0 unspecified atom stereocenters. The van der Waals surface area contributed by atoms with Crippen LogP contribution in [0.15, 0.2) is 22.5 Å². The maximum atomic E-state index is 5.59. The van der Waals surface area contributed by atoms with Gasteiger partial charge in [0, 0.05) is 0 Å². The summed E-state index contributed by atoms with van der Waals surface area (Å²) in [7, 11) is 6.36. The molecule has 0 atom stereocenters. The van der Waals surface area contributed by atoms with Crippen LogP contribution in [0, 0.1) is 0 Å². The predicted octanol–water partition coefficient (Wildman–Crippen LogP) is 4.54. The molecule has 4 heteroatoms. The van der Waals surface area contributed by atoms with Gasteiger partial charge in [-0.05, 0) is 39.0 Å². The Bertz CT molecular complexity index is 205. The molecular weight excluding hydrogens is 280 g/mol. The molecule has 0 heterocycles. The molecule has 1 aliphatic rings. The summed E-state index contributed by atoms with van der Waals surface area (Å²) in [6, 6.07) is 0. The summed E-state index contributed by atoms with van der Waals surface area (Å²) in [6.45, 7) is 9.42. The average molecular weight is 302 g/mol. The van der Waals surface area contributed by atoms with Crippen molar-refractivity contribution in [2.24, 2.45) is 0 Å². The first-order valence-corrected chi connectivity index (χ1v) is 12.5. The van der Waals surface area contributed by atoms with E-state index in [9.17, 15) is 0 Å². The topological polar surface area (TPSA) is 0 Å². The van der Waals surface area contributed by atoms with Crippen molar-refractivity contribution in [2.45, 2.75) is 6.42 Å². The van der Waals surface area contributed by atoms with Gasteiger partial charge in [0.1, 0.15) is 0 Å². The minimum absolute atomic E-state index is 0.00521. The summed E-state index contributed by atoms with van der Waals surface area (Å²) >= 11 is -0.00521. The summed E-state index contributed by atoms with van der Waals surface area (Å²) in [5.74, 6) is 0. The first-order valence-electron chi connectivity index (χ1n) is 5.03. The Labute approximate surface area is 109 Å². The summed E-state index contributed by atoms with van der Waals surface area (Å²) in [5.41, 5.74) is 0. The Hall–Kier alpha value is 1.21. The van der Waals surface area contributed by atoms with Gasteiger partial charge in [0.15, 0.2) is 0 Å². The first-order chi connectivity index (χ1) is 7.06. The summed E-state index contributed by atoms with van der Waals surface area (Å²) in [6.07, 6.45) is 10.4. The van der Waals surface area contributed by atoms with Crippen LogP contribution in [0.1, 0.15) is 6.42 Å². The number of halogens is 1. The van der Waals surface area contributed by atoms with Crippen molar-refractivity contribution in [3.63, 3.8) is 0 Å². The molecule has 0 aromatic rings. The molecule has 15 heavy (non-hydrogen) atoms. The zero-order valence-electron chi connectivity index (χ0n) is 10.1. The molecule has 0 bridgehead atoms. The van der Waals surface area contributed by atoms with E-state index in [1.54, 1.807) is 0 Å². The van der Waals surface area contributed by atoms with Crippen LogP contribution >= 0.6 is 25.7 Å². The van der Waals surface area contributed by atoms with Crippen LogP contribution in [-0.4, -0.2) is 39.0 Å². The second-order valence-electron chi connectivity index (χ2n) is 3.98. The van der Waals surface area contributed by atoms with Crippen molar-refractivity contribution in [3.05, 3.63) is 22.5 Å². The predicted molar refractivity (Wildman–Crippen MR) is 75.0 cm³/mol. The third kappa shape index (κ3) is 11.5. The Morgan fingerprint density at radius 1 is 1.20 bits per heavy atom. The Morgan fingerprint density at radius 2 is 1.73 bits per heavy atom. The van der Waals surface area contributed by atoms with Gasteiger partial charge >= 0.3 is 54.1 Å². The van der Waals surface area contributed by atoms with Crippen molar-refractivity contribution in [2.75, 3.05) is 39.0 Å².